The molecule has 0 saturated heterocycles. The summed E-state index contributed by atoms with van der Waals surface area (Å²) in [5.41, 5.74) is 3.07. The van der Waals surface area contributed by atoms with E-state index in [1.807, 2.05) is 0 Å². The second-order valence-electron chi connectivity index (χ2n) is 4.50. The molecule has 1 aromatic carbocycles. The molecule has 0 radical (unpaired) electrons. The second kappa shape index (κ2) is 12.0. The number of hydrogen-bond acceptors (Lipinski definition) is 1. The van der Waals surface area contributed by atoms with Crippen molar-refractivity contribution in [3.63, 3.8) is 0 Å². The first-order valence-electron chi connectivity index (χ1n) is 4.79. The largest absolute Gasteiger partial charge is 4.00 e. The minimum absolute atomic E-state index is 0. The quantitative estimate of drug-likeness (QED) is 0.395. The Bertz CT molecular complexity index is 269. The van der Waals surface area contributed by atoms with Crippen LogP contribution >= 0.6 is 0 Å². The Hall–Kier alpha value is 0.894. The molecule has 1 aromatic rings. The maximum atomic E-state index is 5.04. The van der Waals surface area contributed by atoms with Crippen molar-refractivity contribution in [3.05, 3.63) is 29.3 Å². The number of halogens is 3. The van der Waals surface area contributed by atoms with Gasteiger partial charge in [-0.2, -0.15) is 23.3 Å². The Morgan fingerprint density at radius 2 is 1.71 bits per heavy atom. The van der Waals surface area contributed by atoms with Crippen LogP contribution in [-0.4, -0.2) is 13.7 Å². The van der Waals surface area contributed by atoms with Crippen molar-refractivity contribution in [2.45, 2.75) is 32.6 Å². The van der Waals surface area contributed by atoms with Crippen LogP contribution in [0, 0.1) is 0 Å². The summed E-state index contributed by atoms with van der Waals surface area (Å²) in [6.07, 6.45) is 1.02. The van der Waals surface area contributed by atoms with Gasteiger partial charge in [0.15, 0.2) is 0 Å². The molecule has 17 heavy (non-hydrogen) atoms. The zero-order valence-electron chi connectivity index (χ0n) is 10.7. The molecule has 0 bridgehead atoms. The van der Waals surface area contributed by atoms with Crippen molar-refractivity contribution in [2.24, 2.45) is 0 Å². The van der Waals surface area contributed by atoms with Gasteiger partial charge in [0.1, 0.15) is 0 Å². The molecule has 0 aromatic heterocycles. The average Bonchev–Trinajstić information content (AvgIpc) is 2.47. The SMILES string of the molecule is COCCc1cc[c-](C(C)(C)C)c1.[Cl-].[Cl-].[Cl-].[Ti+4]. The van der Waals surface area contributed by atoms with Crippen LogP contribution in [0.15, 0.2) is 18.2 Å². The summed E-state index contributed by atoms with van der Waals surface area (Å²) in [6, 6.07) is 6.68. The smallest absolute Gasteiger partial charge is 1.00 e. The monoisotopic (exact) mass is 332 g/mol. The topological polar surface area (TPSA) is 9.23 Å². The van der Waals surface area contributed by atoms with Crippen molar-refractivity contribution in [3.8, 4) is 0 Å². The molecule has 0 unspecified atom stereocenters. The van der Waals surface area contributed by atoms with Gasteiger partial charge in [-0.05, 0) is 0 Å². The van der Waals surface area contributed by atoms with E-state index in [2.05, 4.69) is 39.0 Å². The number of methoxy groups -OCH3 is 1. The molecule has 0 saturated carbocycles. The summed E-state index contributed by atoms with van der Waals surface area (Å²) in [7, 11) is 1.74. The summed E-state index contributed by atoms with van der Waals surface area (Å²) >= 11 is 0. The Labute approximate surface area is 139 Å². The van der Waals surface area contributed by atoms with Crippen molar-refractivity contribution in [1.29, 1.82) is 0 Å². The van der Waals surface area contributed by atoms with Crippen molar-refractivity contribution in [2.75, 3.05) is 13.7 Å². The van der Waals surface area contributed by atoms with E-state index in [-0.39, 0.29) is 64.4 Å². The van der Waals surface area contributed by atoms with Gasteiger partial charge in [0, 0.05) is 13.7 Å². The standard InChI is InChI=1S/C12H19O.3ClH.Ti/c1-12(2,3)11-6-5-10(9-11)7-8-13-4;;;;/h5-6,9H,7-8H2,1-4H3;3*1H;/q-1;;;;+4/p-3. The van der Waals surface area contributed by atoms with E-state index in [0.29, 0.717) is 0 Å². The van der Waals surface area contributed by atoms with Gasteiger partial charge in [-0.15, -0.1) is 0 Å². The van der Waals surface area contributed by atoms with E-state index in [1.165, 1.54) is 11.1 Å². The van der Waals surface area contributed by atoms with Crippen LogP contribution < -0.4 is 37.2 Å². The van der Waals surface area contributed by atoms with Crippen LogP contribution in [0.1, 0.15) is 31.9 Å². The van der Waals surface area contributed by atoms with Crippen LogP contribution in [0.5, 0.6) is 0 Å². The third-order valence-electron chi connectivity index (χ3n) is 2.28. The maximum absolute atomic E-state index is 5.04. The number of hydrogen-bond donors (Lipinski definition) is 0. The molecule has 98 valence electrons. The van der Waals surface area contributed by atoms with Crippen LogP contribution in [-0.2, 0) is 38.3 Å². The minimum atomic E-state index is 0. The van der Waals surface area contributed by atoms with E-state index in [4.69, 9.17) is 4.74 Å². The van der Waals surface area contributed by atoms with Gasteiger partial charge >= 0.3 is 21.7 Å². The van der Waals surface area contributed by atoms with Crippen molar-refractivity contribution < 1.29 is 63.7 Å². The molecule has 0 heterocycles. The molecule has 0 aliphatic heterocycles. The van der Waals surface area contributed by atoms with Crippen LogP contribution in [0.25, 0.3) is 0 Å². The Morgan fingerprint density at radius 3 is 2.06 bits per heavy atom. The van der Waals surface area contributed by atoms with E-state index in [1.54, 1.807) is 7.11 Å². The summed E-state index contributed by atoms with van der Waals surface area (Å²) < 4.78 is 5.04. The molecule has 0 atom stereocenters. The fraction of sp³-hybridized carbons (Fsp3) is 0.583. The Balaban J connectivity index is -0.000000211. The maximum Gasteiger partial charge on any atom is 4.00 e. The molecule has 1 nitrogen and oxygen atoms in total. The van der Waals surface area contributed by atoms with Gasteiger partial charge in [0.2, 0.25) is 0 Å². The molecule has 5 heteroatoms. The first-order chi connectivity index (χ1) is 6.04. The molecule has 0 aliphatic carbocycles. The third kappa shape index (κ3) is 9.47. The van der Waals surface area contributed by atoms with E-state index < -0.39 is 0 Å². The van der Waals surface area contributed by atoms with Crippen molar-refractivity contribution >= 4 is 0 Å². The Kier molecular flexibility index (Phi) is 18.6. The fourth-order valence-corrected chi connectivity index (χ4v) is 1.33. The summed E-state index contributed by atoms with van der Waals surface area (Å²) in [6.45, 7) is 7.53. The van der Waals surface area contributed by atoms with Gasteiger partial charge in [0.05, 0.1) is 0 Å². The Morgan fingerprint density at radius 1 is 1.18 bits per heavy atom. The normalized spacial score (nSPS) is 9.18. The molecule has 0 spiro atoms. The van der Waals surface area contributed by atoms with E-state index in [9.17, 15) is 0 Å². The molecule has 0 amide bonds. The van der Waals surface area contributed by atoms with Gasteiger partial charge in [-0.25, -0.2) is 6.07 Å². The second-order valence-corrected chi connectivity index (χ2v) is 4.50. The van der Waals surface area contributed by atoms with Gasteiger partial charge in [-0.1, -0.05) is 32.6 Å². The van der Waals surface area contributed by atoms with E-state index >= 15 is 0 Å². The van der Waals surface area contributed by atoms with Gasteiger partial charge in [0.25, 0.3) is 0 Å². The molecular weight excluding hydrogens is 314 g/mol. The predicted molar refractivity (Wildman–Crippen MR) is 56.3 cm³/mol. The minimum Gasteiger partial charge on any atom is -1.00 e. The zero-order chi connectivity index (χ0) is 9.90. The zero-order valence-corrected chi connectivity index (χ0v) is 14.5. The van der Waals surface area contributed by atoms with Gasteiger partial charge < -0.3 is 42.0 Å². The first-order valence-corrected chi connectivity index (χ1v) is 4.79. The van der Waals surface area contributed by atoms with Crippen LogP contribution in [0.3, 0.4) is 0 Å². The van der Waals surface area contributed by atoms with Crippen LogP contribution in [0.4, 0.5) is 0 Å². The van der Waals surface area contributed by atoms with Crippen molar-refractivity contribution in [1.82, 2.24) is 0 Å². The molecule has 1 rings (SSSR count). The summed E-state index contributed by atoms with van der Waals surface area (Å²) in [5, 5.41) is 0. The summed E-state index contributed by atoms with van der Waals surface area (Å²) in [5.74, 6) is 0. The molecule has 0 N–H and O–H groups in total. The first kappa shape index (κ1) is 26.5. The van der Waals surface area contributed by atoms with Gasteiger partial charge in [-0.3, -0.25) is 0 Å². The average molecular weight is 334 g/mol. The number of ether oxygens (including phenoxy) is 1. The molecule has 0 fully saturated rings. The van der Waals surface area contributed by atoms with Crippen LogP contribution in [0.2, 0.25) is 0 Å². The van der Waals surface area contributed by atoms with E-state index in [0.717, 1.165) is 13.0 Å². The molecule has 0 aliphatic rings. The number of rotatable bonds is 3. The summed E-state index contributed by atoms with van der Waals surface area (Å²) in [4.78, 5) is 0. The molecular formula is C12H19Cl3OTi. The third-order valence-corrected chi connectivity index (χ3v) is 2.28. The fourth-order valence-electron chi connectivity index (χ4n) is 1.33. The predicted octanol–water partition coefficient (Wildman–Crippen LogP) is -6.10.